The van der Waals surface area contributed by atoms with E-state index >= 15 is 0 Å². The molecule has 1 saturated carbocycles. The van der Waals surface area contributed by atoms with E-state index in [4.69, 9.17) is 4.74 Å². The SMILES string of the molecule is COc1ccccc1-n1cc(CN2CCc3[nH]nc(C4CC4)c3C2)cn1. The molecule has 2 aliphatic rings. The van der Waals surface area contributed by atoms with Crippen molar-refractivity contribution in [1.29, 1.82) is 0 Å². The lowest BCUT2D eigenvalue weighted by Crippen LogP contribution is -2.30. The van der Waals surface area contributed by atoms with E-state index in [1.165, 1.54) is 35.4 Å². The van der Waals surface area contributed by atoms with Gasteiger partial charge in [0.25, 0.3) is 0 Å². The predicted molar refractivity (Wildman–Crippen MR) is 98.5 cm³/mol. The summed E-state index contributed by atoms with van der Waals surface area (Å²) in [6, 6.07) is 7.96. The molecule has 5 rings (SSSR count). The summed E-state index contributed by atoms with van der Waals surface area (Å²) in [5.41, 5.74) is 6.28. The van der Waals surface area contributed by atoms with Gasteiger partial charge in [-0.3, -0.25) is 10.00 Å². The zero-order valence-corrected chi connectivity index (χ0v) is 15.0. The number of nitrogens with one attached hydrogen (secondary N) is 1. The van der Waals surface area contributed by atoms with Crippen molar-refractivity contribution in [2.75, 3.05) is 13.7 Å². The van der Waals surface area contributed by atoms with E-state index < -0.39 is 0 Å². The van der Waals surface area contributed by atoms with Gasteiger partial charge in [0.15, 0.2) is 0 Å². The van der Waals surface area contributed by atoms with E-state index in [1.807, 2.05) is 35.1 Å². The van der Waals surface area contributed by atoms with Crippen LogP contribution in [0.3, 0.4) is 0 Å². The molecule has 2 aromatic heterocycles. The molecule has 6 heteroatoms. The van der Waals surface area contributed by atoms with Crippen LogP contribution in [-0.2, 0) is 19.5 Å². The minimum Gasteiger partial charge on any atom is -0.494 e. The smallest absolute Gasteiger partial charge is 0.144 e. The highest BCUT2D eigenvalue weighted by atomic mass is 16.5. The molecule has 0 atom stereocenters. The Hall–Kier alpha value is -2.60. The lowest BCUT2D eigenvalue weighted by molar-refractivity contribution is 0.244. The lowest BCUT2D eigenvalue weighted by Gasteiger charge is -2.26. The van der Waals surface area contributed by atoms with E-state index in [2.05, 4.69) is 26.4 Å². The van der Waals surface area contributed by atoms with Crippen LogP contribution in [0, 0.1) is 0 Å². The second-order valence-electron chi connectivity index (χ2n) is 7.27. The molecule has 0 bridgehead atoms. The molecular formula is C20H23N5O. The minimum atomic E-state index is 0.697. The number of methoxy groups -OCH3 is 1. The van der Waals surface area contributed by atoms with Crippen molar-refractivity contribution in [2.24, 2.45) is 0 Å². The van der Waals surface area contributed by atoms with E-state index in [1.54, 1.807) is 7.11 Å². The highest BCUT2D eigenvalue weighted by molar-refractivity contribution is 5.46. The van der Waals surface area contributed by atoms with Gasteiger partial charge in [0.2, 0.25) is 0 Å². The van der Waals surface area contributed by atoms with Gasteiger partial charge in [0, 0.05) is 55.0 Å². The Morgan fingerprint density at radius 2 is 2.15 bits per heavy atom. The minimum absolute atomic E-state index is 0.697. The first-order chi connectivity index (χ1) is 12.8. The molecule has 6 nitrogen and oxygen atoms in total. The molecule has 0 saturated heterocycles. The summed E-state index contributed by atoms with van der Waals surface area (Å²) >= 11 is 0. The van der Waals surface area contributed by atoms with E-state index in [-0.39, 0.29) is 0 Å². The third-order valence-electron chi connectivity index (χ3n) is 5.38. The monoisotopic (exact) mass is 349 g/mol. The molecule has 0 spiro atoms. The van der Waals surface area contributed by atoms with Crippen LogP contribution < -0.4 is 4.74 Å². The molecule has 3 aromatic rings. The number of nitrogens with zero attached hydrogens (tertiary/aromatic N) is 4. The predicted octanol–water partition coefficient (Wildman–Crippen LogP) is 3.04. The Kier molecular flexibility index (Phi) is 3.78. The zero-order chi connectivity index (χ0) is 17.5. The van der Waals surface area contributed by atoms with E-state index in [9.17, 15) is 0 Å². The Labute approximate surface area is 152 Å². The maximum absolute atomic E-state index is 5.45. The molecule has 1 aliphatic heterocycles. The summed E-state index contributed by atoms with van der Waals surface area (Å²) in [5.74, 6) is 1.53. The fourth-order valence-corrected chi connectivity index (χ4v) is 3.85. The van der Waals surface area contributed by atoms with Crippen LogP contribution in [0.1, 0.15) is 41.3 Å². The molecule has 0 amide bonds. The van der Waals surface area contributed by atoms with Gasteiger partial charge in [0.1, 0.15) is 11.4 Å². The Balaban J connectivity index is 1.33. The van der Waals surface area contributed by atoms with Gasteiger partial charge in [-0.05, 0) is 25.0 Å². The zero-order valence-electron chi connectivity index (χ0n) is 15.0. The maximum atomic E-state index is 5.45. The first-order valence-corrected chi connectivity index (χ1v) is 9.27. The summed E-state index contributed by atoms with van der Waals surface area (Å²) in [6.45, 7) is 2.94. The molecule has 0 unspecified atom stereocenters. The molecule has 26 heavy (non-hydrogen) atoms. The number of para-hydroxylation sites is 2. The highest BCUT2D eigenvalue weighted by Gasteiger charge is 2.32. The van der Waals surface area contributed by atoms with Crippen LogP contribution in [-0.4, -0.2) is 38.5 Å². The topological polar surface area (TPSA) is 59.0 Å². The Bertz CT molecular complexity index is 924. The molecule has 3 heterocycles. The van der Waals surface area contributed by atoms with Crippen LogP contribution in [0.4, 0.5) is 0 Å². The third-order valence-corrected chi connectivity index (χ3v) is 5.38. The molecule has 1 N–H and O–H groups in total. The van der Waals surface area contributed by atoms with Crippen molar-refractivity contribution >= 4 is 0 Å². The Morgan fingerprint density at radius 3 is 3.00 bits per heavy atom. The van der Waals surface area contributed by atoms with Gasteiger partial charge in [-0.25, -0.2) is 4.68 Å². The standard InChI is InChI=1S/C20H23N5O/c1-26-19-5-3-2-4-18(19)25-12-14(10-21-25)11-24-9-8-17-16(13-24)20(23-22-17)15-6-7-15/h2-5,10,12,15H,6-9,11,13H2,1H3,(H,22,23). The molecular weight excluding hydrogens is 326 g/mol. The van der Waals surface area contributed by atoms with Gasteiger partial charge in [-0.1, -0.05) is 12.1 Å². The molecule has 134 valence electrons. The van der Waals surface area contributed by atoms with Crippen molar-refractivity contribution in [3.63, 3.8) is 0 Å². The number of aromatic amines is 1. The van der Waals surface area contributed by atoms with Crippen molar-refractivity contribution in [2.45, 2.75) is 38.3 Å². The average Bonchev–Trinajstić information content (AvgIpc) is 3.27. The number of rotatable bonds is 5. The second kappa shape index (κ2) is 6.29. The molecule has 1 fully saturated rings. The number of hydrogen-bond donors (Lipinski definition) is 1. The second-order valence-corrected chi connectivity index (χ2v) is 7.27. The Morgan fingerprint density at radius 1 is 1.27 bits per heavy atom. The summed E-state index contributed by atoms with van der Waals surface area (Å²) in [7, 11) is 1.69. The van der Waals surface area contributed by atoms with Crippen LogP contribution in [0.25, 0.3) is 5.69 Å². The van der Waals surface area contributed by atoms with Crippen molar-refractivity contribution in [3.8, 4) is 11.4 Å². The normalized spacial score (nSPS) is 17.3. The fraction of sp³-hybridized carbons (Fsp3) is 0.400. The molecule has 1 aromatic carbocycles. The quantitative estimate of drug-likeness (QED) is 0.769. The van der Waals surface area contributed by atoms with Crippen LogP contribution in [0.2, 0.25) is 0 Å². The largest absolute Gasteiger partial charge is 0.494 e. The number of hydrogen-bond acceptors (Lipinski definition) is 4. The van der Waals surface area contributed by atoms with Crippen LogP contribution in [0.5, 0.6) is 5.75 Å². The third kappa shape index (κ3) is 2.80. The first-order valence-electron chi connectivity index (χ1n) is 9.27. The van der Waals surface area contributed by atoms with Gasteiger partial charge in [-0.2, -0.15) is 10.2 Å². The summed E-state index contributed by atoms with van der Waals surface area (Å²) in [5, 5.41) is 12.4. The van der Waals surface area contributed by atoms with Gasteiger partial charge < -0.3 is 4.74 Å². The van der Waals surface area contributed by atoms with E-state index in [0.29, 0.717) is 5.92 Å². The maximum Gasteiger partial charge on any atom is 0.144 e. The number of benzene rings is 1. The number of aromatic nitrogens is 4. The van der Waals surface area contributed by atoms with Gasteiger partial charge in [-0.15, -0.1) is 0 Å². The number of fused-ring (bicyclic) bond motifs is 1. The fourth-order valence-electron chi connectivity index (χ4n) is 3.85. The first kappa shape index (κ1) is 15.6. The summed E-state index contributed by atoms with van der Waals surface area (Å²) < 4.78 is 7.35. The molecule has 0 radical (unpaired) electrons. The van der Waals surface area contributed by atoms with Crippen LogP contribution in [0.15, 0.2) is 36.7 Å². The highest BCUT2D eigenvalue weighted by Crippen LogP contribution is 2.42. The van der Waals surface area contributed by atoms with Gasteiger partial charge in [0.05, 0.1) is 19.0 Å². The van der Waals surface area contributed by atoms with Crippen molar-refractivity contribution in [1.82, 2.24) is 24.9 Å². The van der Waals surface area contributed by atoms with Crippen molar-refractivity contribution in [3.05, 3.63) is 59.2 Å². The van der Waals surface area contributed by atoms with Crippen LogP contribution >= 0.6 is 0 Å². The average molecular weight is 349 g/mol. The number of ether oxygens (including phenoxy) is 1. The summed E-state index contributed by atoms with van der Waals surface area (Å²) in [4.78, 5) is 2.49. The lowest BCUT2D eigenvalue weighted by atomic mass is 10.0. The van der Waals surface area contributed by atoms with Crippen molar-refractivity contribution < 1.29 is 4.74 Å². The number of H-pyrrole nitrogens is 1. The molecule has 1 aliphatic carbocycles. The summed E-state index contributed by atoms with van der Waals surface area (Å²) in [6.07, 6.45) is 7.70. The van der Waals surface area contributed by atoms with Gasteiger partial charge >= 0.3 is 0 Å². The van der Waals surface area contributed by atoms with E-state index in [0.717, 1.165) is 37.5 Å².